The van der Waals surface area contributed by atoms with E-state index >= 15 is 0 Å². The van der Waals surface area contributed by atoms with Gasteiger partial charge in [-0.05, 0) is 56.2 Å². The fourth-order valence-corrected chi connectivity index (χ4v) is 2.93. The molecule has 2 rings (SSSR count). The Bertz CT molecular complexity index is 948. The van der Waals surface area contributed by atoms with E-state index in [9.17, 15) is 27.9 Å². The quantitative estimate of drug-likeness (QED) is 0.443. The van der Waals surface area contributed by atoms with Crippen molar-refractivity contribution < 1.29 is 46.9 Å². The van der Waals surface area contributed by atoms with Gasteiger partial charge in [0.25, 0.3) is 0 Å². The zero-order valence-corrected chi connectivity index (χ0v) is 18.9. The first-order valence-electron chi connectivity index (χ1n) is 10.4. The van der Waals surface area contributed by atoms with Crippen molar-refractivity contribution in [2.45, 2.75) is 52.4 Å². The Morgan fingerprint density at radius 3 is 2.26 bits per heavy atom. The number of aliphatic carboxylic acids is 1. The number of amides is 1. The summed E-state index contributed by atoms with van der Waals surface area (Å²) in [5, 5.41) is 10.2. The molecule has 1 amide bonds. The normalized spacial score (nSPS) is 12.3. The van der Waals surface area contributed by atoms with E-state index in [1.807, 2.05) is 0 Å². The number of carboxylic acid groups (broad SMARTS) is 1. The molecule has 0 saturated heterocycles. The van der Waals surface area contributed by atoms with Gasteiger partial charge in [-0.2, -0.15) is 5.06 Å². The summed E-state index contributed by atoms with van der Waals surface area (Å²) in [6, 6.07) is 11.4. The molecule has 0 heterocycles. The largest absolute Gasteiger partial charge is 0.573 e. The highest BCUT2D eigenvalue weighted by Gasteiger charge is 2.31. The number of ether oxygens (including phenoxy) is 3. The first-order valence-corrected chi connectivity index (χ1v) is 10.4. The second-order valence-electron chi connectivity index (χ2n) is 7.34. The molecule has 34 heavy (non-hydrogen) atoms. The van der Waals surface area contributed by atoms with Crippen molar-refractivity contribution in [2.75, 3.05) is 11.7 Å². The zero-order valence-electron chi connectivity index (χ0n) is 18.9. The summed E-state index contributed by atoms with van der Waals surface area (Å²) < 4.78 is 51.5. The van der Waals surface area contributed by atoms with Crippen LogP contribution in [0.4, 0.5) is 23.7 Å². The minimum absolute atomic E-state index is 0.0951. The minimum Gasteiger partial charge on any atom is -0.479 e. The predicted molar refractivity (Wildman–Crippen MR) is 115 cm³/mol. The van der Waals surface area contributed by atoms with E-state index in [4.69, 9.17) is 14.3 Å². The number of carbonyl (C=O) groups is 2. The molecule has 0 fully saturated rings. The van der Waals surface area contributed by atoms with Crippen LogP contribution in [0.5, 0.6) is 5.75 Å². The van der Waals surface area contributed by atoms with Crippen LogP contribution in [-0.2, 0) is 32.1 Å². The number of rotatable bonds is 11. The lowest BCUT2D eigenvalue weighted by atomic mass is 10.0. The molecule has 0 radical (unpaired) electrons. The van der Waals surface area contributed by atoms with Crippen LogP contribution >= 0.6 is 0 Å². The third-order valence-corrected chi connectivity index (χ3v) is 4.22. The summed E-state index contributed by atoms with van der Waals surface area (Å²) in [5.41, 5.74) is 1.43. The van der Waals surface area contributed by atoms with Crippen LogP contribution in [0.25, 0.3) is 0 Å². The lowest BCUT2D eigenvalue weighted by Crippen LogP contribution is -2.31. The highest BCUT2D eigenvalue weighted by atomic mass is 19.4. The number of nitrogens with zero attached hydrogens (tertiary/aromatic N) is 1. The third-order valence-electron chi connectivity index (χ3n) is 4.22. The van der Waals surface area contributed by atoms with E-state index in [2.05, 4.69) is 4.74 Å². The molecule has 0 aliphatic carbocycles. The van der Waals surface area contributed by atoms with Crippen LogP contribution < -0.4 is 9.80 Å². The minimum atomic E-state index is -4.83. The Kier molecular flexibility index (Phi) is 9.69. The first-order chi connectivity index (χ1) is 16.0. The Hall–Kier alpha value is -3.31. The van der Waals surface area contributed by atoms with Gasteiger partial charge < -0.3 is 19.3 Å². The van der Waals surface area contributed by atoms with Crippen LogP contribution in [0.15, 0.2) is 48.5 Å². The van der Waals surface area contributed by atoms with Gasteiger partial charge in [-0.25, -0.2) is 9.59 Å². The van der Waals surface area contributed by atoms with Crippen LogP contribution in [-0.4, -0.2) is 42.3 Å². The van der Waals surface area contributed by atoms with Gasteiger partial charge in [0.2, 0.25) is 0 Å². The maximum Gasteiger partial charge on any atom is 0.573 e. The average Bonchev–Trinajstić information content (AvgIpc) is 2.75. The summed E-state index contributed by atoms with van der Waals surface area (Å²) in [7, 11) is 0. The molecular formula is C23H26F3NO7. The summed E-state index contributed by atoms with van der Waals surface area (Å²) in [6.45, 7) is 5.06. The molecule has 1 atom stereocenters. The number of carboxylic acids is 1. The number of benzene rings is 2. The fourth-order valence-electron chi connectivity index (χ4n) is 2.93. The predicted octanol–water partition coefficient (Wildman–Crippen LogP) is 5.10. The molecule has 0 aromatic heterocycles. The molecule has 1 unspecified atom stereocenters. The van der Waals surface area contributed by atoms with Gasteiger partial charge in [-0.3, -0.25) is 4.84 Å². The number of hydrogen-bond donors (Lipinski definition) is 1. The van der Waals surface area contributed by atoms with Gasteiger partial charge in [0.05, 0.1) is 18.4 Å². The van der Waals surface area contributed by atoms with Crippen molar-refractivity contribution in [1.82, 2.24) is 0 Å². The monoisotopic (exact) mass is 485 g/mol. The summed E-state index contributed by atoms with van der Waals surface area (Å²) in [4.78, 5) is 29.3. The van der Waals surface area contributed by atoms with Crippen molar-refractivity contribution in [2.24, 2.45) is 0 Å². The van der Waals surface area contributed by atoms with Gasteiger partial charge >= 0.3 is 18.4 Å². The molecule has 0 bridgehead atoms. The van der Waals surface area contributed by atoms with Crippen LogP contribution in [0.2, 0.25) is 0 Å². The van der Waals surface area contributed by atoms with Gasteiger partial charge in [0.1, 0.15) is 12.4 Å². The van der Waals surface area contributed by atoms with Gasteiger partial charge in [0, 0.05) is 6.42 Å². The molecule has 2 aromatic carbocycles. The van der Waals surface area contributed by atoms with Crippen molar-refractivity contribution in [3.63, 3.8) is 0 Å². The highest BCUT2D eigenvalue weighted by molar-refractivity contribution is 5.85. The maximum absolute atomic E-state index is 12.6. The van der Waals surface area contributed by atoms with Crippen LogP contribution in [0, 0.1) is 0 Å². The molecule has 0 saturated carbocycles. The van der Waals surface area contributed by atoms with Crippen molar-refractivity contribution in [1.29, 1.82) is 0 Å². The summed E-state index contributed by atoms with van der Waals surface area (Å²) >= 11 is 0. The number of hydroxylamine groups is 1. The second kappa shape index (κ2) is 12.2. The molecule has 11 heteroatoms. The SMILES string of the molecule is CCON(C(=O)OCc1cccc(CC(OC(C)C)C(=O)O)c1)c1ccc(OC(F)(F)F)cc1. The van der Waals surface area contributed by atoms with E-state index < -0.39 is 30.3 Å². The van der Waals surface area contributed by atoms with Crippen LogP contribution in [0.3, 0.4) is 0 Å². The number of alkyl halides is 3. The number of halogens is 3. The molecule has 0 spiro atoms. The Morgan fingerprint density at radius 1 is 1.06 bits per heavy atom. The fraction of sp³-hybridized carbons (Fsp3) is 0.391. The van der Waals surface area contributed by atoms with E-state index in [1.165, 1.54) is 12.1 Å². The third kappa shape index (κ3) is 8.91. The van der Waals surface area contributed by atoms with Crippen molar-refractivity contribution in [3.05, 3.63) is 59.7 Å². The standard InChI is InChI=1S/C23H26F3NO7/c1-4-32-27(18-8-10-19(11-9-18)34-23(24,25)26)22(30)31-14-17-7-5-6-16(12-17)13-20(21(28)29)33-15(2)3/h5-12,15,20H,4,13-14H2,1-3H3,(H,28,29). The Labute approximate surface area is 194 Å². The molecular weight excluding hydrogens is 459 g/mol. The molecule has 8 nitrogen and oxygen atoms in total. The zero-order chi connectivity index (χ0) is 25.3. The topological polar surface area (TPSA) is 94.5 Å². The number of anilines is 1. The smallest absolute Gasteiger partial charge is 0.479 e. The highest BCUT2D eigenvalue weighted by Crippen LogP contribution is 2.26. The van der Waals surface area contributed by atoms with Gasteiger partial charge in [-0.1, -0.05) is 24.3 Å². The van der Waals surface area contributed by atoms with Crippen LogP contribution in [0.1, 0.15) is 31.9 Å². The summed E-state index contributed by atoms with van der Waals surface area (Å²) in [6.07, 6.45) is -6.87. The molecule has 0 aliphatic rings. The molecule has 1 N–H and O–H groups in total. The summed E-state index contributed by atoms with van der Waals surface area (Å²) in [5.74, 6) is -1.52. The maximum atomic E-state index is 12.6. The Balaban J connectivity index is 2.05. The van der Waals surface area contributed by atoms with Crippen molar-refractivity contribution >= 4 is 17.7 Å². The number of carbonyl (C=O) groups excluding carboxylic acids is 1. The van der Waals surface area contributed by atoms with E-state index in [0.29, 0.717) is 11.1 Å². The van der Waals surface area contributed by atoms with Crippen molar-refractivity contribution in [3.8, 4) is 5.75 Å². The van der Waals surface area contributed by atoms with E-state index in [-0.39, 0.29) is 31.4 Å². The Morgan fingerprint density at radius 2 is 1.71 bits per heavy atom. The molecule has 186 valence electrons. The van der Waals surface area contributed by atoms with E-state index in [0.717, 1.165) is 17.2 Å². The second-order valence-corrected chi connectivity index (χ2v) is 7.34. The first kappa shape index (κ1) is 26.9. The lowest BCUT2D eigenvalue weighted by molar-refractivity contribution is -0.274. The van der Waals surface area contributed by atoms with Gasteiger partial charge in [0.15, 0.2) is 6.10 Å². The molecule has 0 aliphatic heterocycles. The lowest BCUT2D eigenvalue weighted by Gasteiger charge is -2.21. The van der Waals surface area contributed by atoms with Gasteiger partial charge in [-0.15, -0.1) is 13.2 Å². The molecule has 2 aromatic rings. The number of hydrogen-bond acceptors (Lipinski definition) is 6. The average molecular weight is 485 g/mol. The van der Waals surface area contributed by atoms with E-state index in [1.54, 1.807) is 45.0 Å².